The molecule has 2 aromatic rings. The van der Waals surface area contributed by atoms with Gasteiger partial charge in [0.1, 0.15) is 0 Å². The van der Waals surface area contributed by atoms with Crippen LogP contribution in [0.3, 0.4) is 0 Å². The first kappa shape index (κ1) is 13.3. The van der Waals surface area contributed by atoms with E-state index < -0.39 is 11.7 Å². The molecule has 7 heteroatoms. The Bertz CT molecular complexity index is 578. The maximum atomic E-state index is 12.8. The van der Waals surface area contributed by atoms with Crippen molar-refractivity contribution in [2.75, 3.05) is 11.1 Å². The van der Waals surface area contributed by atoms with Gasteiger partial charge in [-0.25, -0.2) is 0 Å². The molecule has 0 spiro atoms. The Morgan fingerprint density at radius 2 is 2.05 bits per heavy atom. The monoisotopic (exact) mass is 271 g/mol. The summed E-state index contributed by atoms with van der Waals surface area (Å²) in [5.74, 6) is 0.461. The van der Waals surface area contributed by atoms with Gasteiger partial charge in [0, 0.05) is 17.4 Å². The molecular formula is C12H12F3N3O. The number of halogens is 3. The maximum Gasteiger partial charge on any atom is 0.418 e. The summed E-state index contributed by atoms with van der Waals surface area (Å²) in [5.41, 5.74) is 5.27. The van der Waals surface area contributed by atoms with E-state index >= 15 is 0 Å². The molecule has 102 valence electrons. The summed E-state index contributed by atoms with van der Waals surface area (Å²) in [6.07, 6.45) is -4.46. The fourth-order valence-electron chi connectivity index (χ4n) is 1.63. The summed E-state index contributed by atoms with van der Waals surface area (Å²) in [6.45, 7) is 1.85. The molecule has 0 aliphatic carbocycles. The van der Waals surface area contributed by atoms with E-state index in [1.54, 1.807) is 13.0 Å². The third-order valence-corrected chi connectivity index (χ3v) is 2.48. The number of aryl methyl sites for hydroxylation is 1. The molecule has 0 unspecified atom stereocenters. The van der Waals surface area contributed by atoms with Gasteiger partial charge < -0.3 is 15.6 Å². The van der Waals surface area contributed by atoms with Crippen LogP contribution in [0, 0.1) is 6.92 Å². The second-order valence-electron chi connectivity index (χ2n) is 4.09. The van der Waals surface area contributed by atoms with Crippen molar-refractivity contribution in [1.82, 2.24) is 5.16 Å². The van der Waals surface area contributed by atoms with Crippen LogP contribution in [-0.2, 0) is 12.7 Å². The Morgan fingerprint density at radius 1 is 1.32 bits per heavy atom. The van der Waals surface area contributed by atoms with Crippen molar-refractivity contribution < 1.29 is 17.7 Å². The molecule has 0 aliphatic rings. The second kappa shape index (κ2) is 4.83. The molecule has 0 saturated carbocycles. The SMILES string of the molecule is Cc1cc(CNc2ccc(N)cc2C(F)(F)F)on1. The number of nitrogens with two attached hydrogens (primary N) is 1. The largest absolute Gasteiger partial charge is 0.418 e. The minimum atomic E-state index is -4.46. The van der Waals surface area contributed by atoms with Gasteiger partial charge in [0.25, 0.3) is 0 Å². The summed E-state index contributed by atoms with van der Waals surface area (Å²) < 4.78 is 43.4. The van der Waals surface area contributed by atoms with Gasteiger partial charge in [-0.1, -0.05) is 5.16 Å². The smallest absolute Gasteiger partial charge is 0.399 e. The first-order chi connectivity index (χ1) is 8.86. The molecule has 0 bridgehead atoms. The molecule has 1 heterocycles. The first-order valence-electron chi connectivity index (χ1n) is 5.49. The highest BCUT2D eigenvalue weighted by molar-refractivity contribution is 5.59. The van der Waals surface area contributed by atoms with Crippen molar-refractivity contribution in [3.63, 3.8) is 0 Å². The molecule has 0 saturated heterocycles. The number of hydrogen-bond acceptors (Lipinski definition) is 4. The molecule has 19 heavy (non-hydrogen) atoms. The molecule has 0 aliphatic heterocycles. The topological polar surface area (TPSA) is 64.1 Å². The minimum absolute atomic E-state index is 0.0456. The van der Waals surface area contributed by atoms with E-state index in [0.29, 0.717) is 11.5 Å². The van der Waals surface area contributed by atoms with Crippen LogP contribution in [0.4, 0.5) is 24.5 Å². The lowest BCUT2D eigenvalue weighted by atomic mass is 10.1. The number of nitrogens with zero attached hydrogens (tertiary/aromatic N) is 1. The number of hydrogen-bond donors (Lipinski definition) is 2. The van der Waals surface area contributed by atoms with Gasteiger partial charge in [-0.15, -0.1) is 0 Å². The van der Waals surface area contributed by atoms with Gasteiger partial charge >= 0.3 is 6.18 Å². The van der Waals surface area contributed by atoms with Gasteiger partial charge in [0.15, 0.2) is 5.76 Å². The molecule has 1 aromatic carbocycles. The van der Waals surface area contributed by atoms with Crippen LogP contribution in [0.15, 0.2) is 28.8 Å². The fourth-order valence-corrected chi connectivity index (χ4v) is 1.63. The van der Waals surface area contributed by atoms with Crippen LogP contribution in [0.25, 0.3) is 0 Å². The first-order valence-corrected chi connectivity index (χ1v) is 5.49. The summed E-state index contributed by atoms with van der Waals surface area (Å²) in [4.78, 5) is 0. The minimum Gasteiger partial charge on any atom is -0.399 e. The molecule has 0 amide bonds. The fraction of sp³-hybridized carbons (Fsp3) is 0.250. The number of alkyl halides is 3. The van der Waals surface area contributed by atoms with Gasteiger partial charge in [0.2, 0.25) is 0 Å². The summed E-state index contributed by atoms with van der Waals surface area (Å²) in [6, 6.07) is 5.25. The number of rotatable bonds is 3. The lowest BCUT2D eigenvalue weighted by Gasteiger charge is -2.14. The standard InChI is InChI=1S/C12H12F3N3O/c1-7-4-9(19-18-7)6-17-11-3-2-8(16)5-10(11)12(13,14)15/h2-5,17H,6,16H2,1H3. The van der Waals surface area contributed by atoms with Crippen molar-refractivity contribution in [1.29, 1.82) is 0 Å². The van der Waals surface area contributed by atoms with E-state index in [4.69, 9.17) is 10.3 Å². The third-order valence-electron chi connectivity index (χ3n) is 2.48. The average Bonchev–Trinajstić information content (AvgIpc) is 2.72. The zero-order valence-corrected chi connectivity index (χ0v) is 10.1. The van der Waals surface area contributed by atoms with E-state index in [0.717, 1.165) is 6.07 Å². The molecular weight excluding hydrogens is 259 g/mol. The Balaban J connectivity index is 2.20. The van der Waals surface area contributed by atoms with E-state index in [1.807, 2.05) is 0 Å². The Hall–Kier alpha value is -2.18. The van der Waals surface area contributed by atoms with E-state index in [-0.39, 0.29) is 17.9 Å². The molecule has 4 nitrogen and oxygen atoms in total. The van der Waals surface area contributed by atoms with Crippen LogP contribution in [0.2, 0.25) is 0 Å². The molecule has 0 radical (unpaired) electrons. The van der Waals surface area contributed by atoms with Crippen molar-refractivity contribution in [3.05, 3.63) is 41.3 Å². The summed E-state index contributed by atoms with van der Waals surface area (Å²) in [5, 5.41) is 6.32. The van der Waals surface area contributed by atoms with Crippen LogP contribution in [0.1, 0.15) is 17.0 Å². The predicted molar refractivity (Wildman–Crippen MR) is 64.4 cm³/mol. The quantitative estimate of drug-likeness (QED) is 0.841. The van der Waals surface area contributed by atoms with Gasteiger partial charge in [-0.05, 0) is 25.1 Å². The maximum absolute atomic E-state index is 12.8. The molecule has 1 aromatic heterocycles. The molecule has 0 atom stereocenters. The van der Waals surface area contributed by atoms with Crippen LogP contribution >= 0.6 is 0 Å². The highest BCUT2D eigenvalue weighted by Crippen LogP contribution is 2.36. The lowest BCUT2D eigenvalue weighted by Crippen LogP contribution is -2.11. The Labute approximate surface area is 107 Å². The molecule has 2 rings (SSSR count). The van der Waals surface area contributed by atoms with Crippen LogP contribution in [0.5, 0.6) is 0 Å². The highest BCUT2D eigenvalue weighted by atomic mass is 19.4. The second-order valence-corrected chi connectivity index (χ2v) is 4.09. The van der Waals surface area contributed by atoms with Crippen molar-refractivity contribution in [2.24, 2.45) is 0 Å². The number of anilines is 2. The lowest BCUT2D eigenvalue weighted by molar-refractivity contribution is -0.136. The predicted octanol–water partition coefficient (Wildman–Crippen LogP) is 3.20. The Morgan fingerprint density at radius 3 is 2.63 bits per heavy atom. The normalized spacial score (nSPS) is 11.6. The van der Waals surface area contributed by atoms with Crippen molar-refractivity contribution in [3.8, 4) is 0 Å². The number of benzene rings is 1. The van der Waals surface area contributed by atoms with Crippen LogP contribution in [-0.4, -0.2) is 5.16 Å². The van der Waals surface area contributed by atoms with E-state index in [9.17, 15) is 13.2 Å². The average molecular weight is 271 g/mol. The third kappa shape index (κ3) is 3.18. The molecule has 0 fully saturated rings. The summed E-state index contributed by atoms with van der Waals surface area (Å²) in [7, 11) is 0. The van der Waals surface area contributed by atoms with E-state index in [1.165, 1.54) is 12.1 Å². The molecule has 3 N–H and O–H groups in total. The van der Waals surface area contributed by atoms with E-state index in [2.05, 4.69) is 10.5 Å². The van der Waals surface area contributed by atoms with Gasteiger partial charge in [-0.2, -0.15) is 13.2 Å². The Kier molecular flexibility index (Phi) is 3.37. The number of aromatic nitrogens is 1. The van der Waals surface area contributed by atoms with Gasteiger partial charge in [-0.3, -0.25) is 0 Å². The number of nitrogens with one attached hydrogen (secondary N) is 1. The van der Waals surface area contributed by atoms with Crippen molar-refractivity contribution in [2.45, 2.75) is 19.6 Å². The number of nitrogen functional groups attached to an aromatic ring is 1. The zero-order chi connectivity index (χ0) is 14.0. The highest BCUT2D eigenvalue weighted by Gasteiger charge is 2.33. The van der Waals surface area contributed by atoms with Gasteiger partial charge in [0.05, 0.1) is 17.8 Å². The van der Waals surface area contributed by atoms with Crippen LogP contribution < -0.4 is 11.1 Å². The summed E-state index contributed by atoms with van der Waals surface area (Å²) >= 11 is 0. The van der Waals surface area contributed by atoms with Crippen molar-refractivity contribution >= 4 is 11.4 Å². The zero-order valence-electron chi connectivity index (χ0n) is 10.1.